The Bertz CT molecular complexity index is 366. The van der Waals surface area contributed by atoms with Crippen molar-refractivity contribution in [1.29, 1.82) is 0 Å². The highest BCUT2D eigenvalue weighted by molar-refractivity contribution is 6.30. The fourth-order valence-electron chi connectivity index (χ4n) is 1.34. The molecule has 0 fully saturated rings. The number of hydrogen-bond donors (Lipinski definition) is 2. The van der Waals surface area contributed by atoms with Crippen molar-refractivity contribution in [2.24, 2.45) is 11.5 Å². The number of alkyl halides is 3. The van der Waals surface area contributed by atoms with Crippen molar-refractivity contribution in [2.45, 2.75) is 25.2 Å². The molecule has 4 N–H and O–H groups in total. The standard InChI is InChI=1S/C10H12ClF3N2/c11-8-2-1-6(7(3-8)5-15)4-9(16)10(12,13)14/h1-3,9H,4-5,15-16H2. The van der Waals surface area contributed by atoms with E-state index < -0.39 is 12.2 Å². The van der Waals surface area contributed by atoms with Gasteiger partial charge in [0.1, 0.15) is 6.04 Å². The van der Waals surface area contributed by atoms with Gasteiger partial charge < -0.3 is 11.5 Å². The summed E-state index contributed by atoms with van der Waals surface area (Å²) in [5.41, 5.74) is 11.5. The third-order valence-corrected chi connectivity index (χ3v) is 2.48. The Labute approximate surface area is 96.4 Å². The van der Waals surface area contributed by atoms with Crippen LogP contribution in [0.2, 0.25) is 5.02 Å². The Kier molecular flexibility index (Phi) is 4.18. The van der Waals surface area contributed by atoms with Crippen LogP contribution in [-0.4, -0.2) is 12.2 Å². The van der Waals surface area contributed by atoms with Crippen molar-refractivity contribution in [3.8, 4) is 0 Å². The quantitative estimate of drug-likeness (QED) is 0.867. The van der Waals surface area contributed by atoms with Crippen LogP contribution in [0.4, 0.5) is 13.2 Å². The molecule has 0 spiro atoms. The topological polar surface area (TPSA) is 52.0 Å². The van der Waals surface area contributed by atoms with E-state index >= 15 is 0 Å². The second-order valence-corrected chi connectivity index (χ2v) is 3.91. The van der Waals surface area contributed by atoms with Crippen LogP contribution in [0.1, 0.15) is 11.1 Å². The maximum atomic E-state index is 12.3. The maximum absolute atomic E-state index is 12.3. The van der Waals surface area contributed by atoms with Crippen molar-refractivity contribution in [3.05, 3.63) is 34.3 Å². The Morgan fingerprint density at radius 1 is 1.25 bits per heavy atom. The van der Waals surface area contributed by atoms with E-state index in [1.165, 1.54) is 12.1 Å². The molecule has 0 saturated heterocycles. The molecule has 1 aromatic rings. The van der Waals surface area contributed by atoms with Crippen molar-refractivity contribution in [2.75, 3.05) is 0 Å². The first kappa shape index (κ1) is 13.3. The van der Waals surface area contributed by atoms with Crippen LogP contribution in [0.5, 0.6) is 0 Å². The van der Waals surface area contributed by atoms with Crippen molar-refractivity contribution in [3.63, 3.8) is 0 Å². The van der Waals surface area contributed by atoms with E-state index in [4.69, 9.17) is 23.1 Å². The average molecular weight is 253 g/mol. The van der Waals surface area contributed by atoms with Crippen LogP contribution < -0.4 is 11.5 Å². The Hall–Kier alpha value is -0.780. The molecule has 0 heterocycles. The van der Waals surface area contributed by atoms with Gasteiger partial charge in [-0.2, -0.15) is 13.2 Å². The number of halogens is 4. The number of benzene rings is 1. The smallest absolute Gasteiger partial charge is 0.326 e. The van der Waals surface area contributed by atoms with Crippen LogP contribution in [0.3, 0.4) is 0 Å². The van der Waals surface area contributed by atoms with E-state index in [2.05, 4.69) is 0 Å². The number of hydrogen-bond acceptors (Lipinski definition) is 2. The van der Waals surface area contributed by atoms with Crippen LogP contribution in [0.15, 0.2) is 18.2 Å². The van der Waals surface area contributed by atoms with E-state index in [0.29, 0.717) is 16.1 Å². The Morgan fingerprint density at radius 3 is 2.38 bits per heavy atom. The molecule has 0 aliphatic rings. The first-order valence-electron chi connectivity index (χ1n) is 4.64. The van der Waals surface area contributed by atoms with Gasteiger partial charge in [0, 0.05) is 11.6 Å². The molecule has 1 unspecified atom stereocenters. The van der Waals surface area contributed by atoms with Crippen LogP contribution >= 0.6 is 11.6 Å². The first-order valence-corrected chi connectivity index (χ1v) is 5.02. The van der Waals surface area contributed by atoms with Gasteiger partial charge in [0.15, 0.2) is 0 Å². The van der Waals surface area contributed by atoms with Gasteiger partial charge in [-0.25, -0.2) is 0 Å². The Morgan fingerprint density at radius 2 is 1.88 bits per heavy atom. The van der Waals surface area contributed by atoms with Gasteiger partial charge in [-0.3, -0.25) is 0 Å². The zero-order valence-corrected chi connectivity index (χ0v) is 9.15. The van der Waals surface area contributed by atoms with Gasteiger partial charge in [0.25, 0.3) is 0 Å². The van der Waals surface area contributed by atoms with Gasteiger partial charge >= 0.3 is 6.18 Å². The molecule has 0 aliphatic carbocycles. The summed E-state index contributed by atoms with van der Waals surface area (Å²) >= 11 is 5.71. The molecule has 0 bridgehead atoms. The first-order chi connectivity index (χ1) is 7.34. The highest BCUT2D eigenvalue weighted by atomic mass is 35.5. The van der Waals surface area contributed by atoms with Crippen molar-refractivity contribution in [1.82, 2.24) is 0 Å². The lowest BCUT2D eigenvalue weighted by molar-refractivity contribution is -0.147. The summed E-state index contributed by atoms with van der Waals surface area (Å²) in [5, 5.41) is 0.449. The number of nitrogens with two attached hydrogens (primary N) is 2. The molecule has 90 valence electrons. The molecule has 16 heavy (non-hydrogen) atoms. The summed E-state index contributed by atoms with van der Waals surface area (Å²) in [6.45, 7) is 0.139. The highest BCUT2D eigenvalue weighted by Crippen LogP contribution is 2.24. The maximum Gasteiger partial charge on any atom is 0.403 e. The molecule has 0 aliphatic heterocycles. The van der Waals surface area contributed by atoms with Gasteiger partial charge in [-0.05, 0) is 29.7 Å². The van der Waals surface area contributed by atoms with Crippen LogP contribution in [0.25, 0.3) is 0 Å². The van der Waals surface area contributed by atoms with Gasteiger partial charge in [-0.15, -0.1) is 0 Å². The summed E-state index contributed by atoms with van der Waals surface area (Å²) in [5.74, 6) is 0. The number of rotatable bonds is 3. The second-order valence-electron chi connectivity index (χ2n) is 3.47. The van der Waals surface area contributed by atoms with E-state index in [9.17, 15) is 13.2 Å². The minimum absolute atomic E-state index is 0.139. The summed E-state index contributed by atoms with van der Waals surface area (Å²) in [7, 11) is 0. The Balaban J connectivity index is 2.89. The second kappa shape index (κ2) is 5.03. The molecular weight excluding hydrogens is 241 g/mol. The summed E-state index contributed by atoms with van der Waals surface area (Å²) in [6.07, 6.45) is -4.68. The predicted molar refractivity (Wildman–Crippen MR) is 57.1 cm³/mol. The largest absolute Gasteiger partial charge is 0.403 e. The summed E-state index contributed by atoms with van der Waals surface area (Å²) in [6, 6.07) is 2.73. The summed E-state index contributed by atoms with van der Waals surface area (Å²) in [4.78, 5) is 0. The molecule has 2 nitrogen and oxygen atoms in total. The van der Waals surface area contributed by atoms with Gasteiger partial charge in [0.2, 0.25) is 0 Å². The normalized spacial score (nSPS) is 13.9. The molecule has 6 heteroatoms. The minimum atomic E-state index is -4.40. The predicted octanol–water partition coefficient (Wildman–Crippen LogP) is 2.23. The lowest BCUT2D eigenvalue weighted by atomic mass is 10.0. The lowest BCUT2D eigenvalue weighted by Gasteiger charge is -2.17. The van der Waals surface area contributed by atoms with E-state index in [1.807, 2.05) is 0 Å². The summed E-state index contributed by atoms with van der Waals surface area (Å²) < 4.78 is 36.8. The van der Waals surface area contributed by atoms with Crippen LogP contribution in [0, 0.1) is 0 Å². The molecule has 0 amide bonds. The molecule has 1 atom stereocenters. The molecule has 0 radical (unpaired) electrons. The monoisotopic (exact) mass is 252 g/mol. The lowest BCUT2D eigenvalue weighted by Crippen LogP contribution is -2.39. The minimum Gasteiger partial charge on any atom is -0.326 e. The van der Waals surface area contributed by atoms with Gasteiger partial charge in [0.05, 0.1) is 0 Å². The molecule has 1 rings (SSSR count). The van der Waals surface area contributed by atoms with Crippen molar-refractivity contribution < 1.29 is 13.2 Å². The zero-order chi connectivity index (χ0) is 12.3. The van der Waals surface area contributed by atoms with Crippen LogP contribution in [-0.2, 0) is 13.0 Å². The van der Waals surface area contributed by atoms with E-state index in [1.54, 1.807) is 6.07 Å². The van der Waals surface area contributed by atoms with Gasteiger partial charge in [-0.1, -0.05) is 17.7 Å². The fraction of sp³-hybridized carbons (Fsp3) is 0.400. The molecular formula is C10H12ClF3N2. The highest BCUT2D eigenvalue weighted by Gasteiger charge is 2.36. The van der Waals surface area contributed by atoms with E-state index in [-0.39, 0.29) is 13.0 Å². The third kappa shape index (κ3) is 3.37. The molecule has 1 aromatic carbocycles. The SMILES string of the molecule is NCc1cc(Cl)ccc1CC(N)C(F)(F)F. The van der Waals surface area contributed by atoms with Crippen molar-refractivity contribution >= 4 is 11.6 Å². The molecule has 0 aromatic heterocycles. The zero-order valence-electron chi connectivity index (χ0n) is 8.39. The third-order valence-electron chi connectivity index (χ3n) is 2.25. The van der Waals surface area contributed by atoms with E-state index in [0.717, 1.165) is 0 Å². The molecule has 0 saturated carbocycles. The average Bonchev–Trinajstić information content (AvgIpc) is 2.19. The fourth-order valence-corrected chi connectivity index (χ4v) is 1.53.